The van der Waals surface area contributed by atoms with Gasteiger partial charge in [-0.3, -0.25) is 10.1 Å². The molecule has 6 heteroatoms. The molecule has 0 fully saturated rings. The van der Waals surface area contributed by atoms with Gasteiger partial charge >= 0.3 is 5.97 Å². The van der Waals surface area contributed by atoms with Gasteiger partial charge in [0.2, 0.25) is 0 Å². The lowest BCUT2D eigenvalue weighted by molar-refractivity contribution is -0.385. The van der Waals surface area contributed by atoms with Gasteiger partial charge in [0, 0.05) is 24.1 Å². The molecule has 1 N–H and O–H groups in total. The normalized spacial score (nSPS) is 10.2. The van der Waals surface area contributed by atoms with Crippen molar-refractivity contribution in [3.8, 4) is 6.07 Å². The van der Waals surface area contributed by atoms with Gasteiger partial charge in [-0.25, -0.2) is 4.79 Å². The molecule has 1 aromatic rings. The van der Waals surface area contributed by atoms with Gasteiger partial charge in [0.15, 0.2) is 0 Å². The van der Waals surface area contributed by atoms with Gasteiger partial charge in [-0.2, -0.15) is 5.26 Å². The topological polar surface area (TPSA) is 104 Å². The van der Waals surface area contributed by atoms with E-state index < -0.39 is 10.9 Å². The molecule has 0 heterocycles. The number of nitro groups is 1. The molecule has 0 bridgehead atoms. The number of aliphatic carboxylic acids is 1. The van der Waals surface area contributed by atoms with E-state index in [1.165, 1.54) is 18.2 Å². The summed E-state index contributed by atoms with van der Waals surface area (Å²) < 4.78 is 0. The summed E-state index contributed by atoms with van der Waals surface area (Å²) in [6.07, 6.45) is 2.69. The number of carboxylic acids is 1. The highest BCUT2D eigenvalue weighted by Gasteiger charge is 2.13. The standard InChI is InChI=1S/C12H10N2O4/c13-7-1-2-10-5-3-9(4-6-12(15)16)8-11(10)14(17)18/h3-6,8H,1-2H2,(H,15,16). The van der Waals surface area contributed by atoms with Crippen molar-refractivity contribution in [3.63, 3.8) is 0 Å². The van der Waals surface area contributed by atoms with E-state index in [0.717, 1.165) is 6.08 Å². The average molecular weight is 246 g/mol. The second-order valence-corrected chi connectivity index (χ2v) is 3.47. The van der Waals surface area contributed by atoms with Crippen LogP contribution in [0.2, 0.25) is 0 Å². The first-order valence-electron chi connectivity index (χ1n) is 5.10. The number of aryl methyl sites for hydroxylation is 1. The summed E-state index contributed by atoms with van der Waals surface area (Å²) in [4.78, 5) is 20.7. The third kappa shape index (κ3) is 3.72. The molecule has 18 heavy (non-hydrogen) atoms. The highest BCUT2D eigenvalue weighted by atomic mass is 16.6. The molecular formula is C12H10N2O4. The molecule has 0 aliphatic heterocycles. The van der Waals surface area contributed by atoms with Crippen LogP contribution in [0.4, 0.5) is 5.69 Å². The van der Waals surface area contributed by atoms with Crippen molar-refractivity contribution in [1.29, 1.82) is 5.26 Å². The van der Waals surface area contributed by atoms with Gasteiger partial charge < -0.3 is 5.11 Å². The Bertz CT molecular complexity index is 543. The molecule has 0 saturated carbocycles. The maximum atomic E-state index is 10.9. The number of nitro benzene ring substituents is 1. The maximum Gasteiger partial charge on any atom is 0.328 e. The quantitative estimate of drug-likeness (QED) is 0.487. The predicted octanol–water partition coefficient (Wildman–Crippen LogP) is 2.15. The third-order valence-corrected chi connectivity index (χ3v) is 2.23. The Hall–Kier alpha value is -2.68. The molecule has 0 atom stereocenters. The number of hydrogen-bond acceptors (Lipinski definition) is 4. The molecule has 0 saturated heterocycles. The first-order valence-corrected chi connectivity index (χ1v) is 5.10. The molecule has 0 aromatic heterocycles. The minimum absolute atomic E-state index is 0.0993. The minimum Gasteiger partial charge on any atom is -0.478 e. The largest absolute Gasteiger partial charge is 0.478 e. The molecule has 0 spiro atoms. The zero-order valence-electron chi connectivity index (χ0n) is 9.37. The van der Waals surface area contributed by atoms with E-state index in [-0.39, 0.29) is 12.1 Å². The van der Waals surface area contributed by atoms with Crippen LogP contribution in [0.5, 0.6) is 0 Å². The lowest BCUT2D eigenvalue weighted by Gasteiger charge is -2.01. The Labute approximate surface area is 103 Å². The number of carboxylic acid groups (broad SMARTS) is 1. The number of benzene rings is 1. The van der Waals surface area contributed by atoms with Crippen molar-refractivity contribution >= 4 is 17.7 Å². The van der Waals surface area contributed by atoms with Gasteiger partial charge in [-0.1, -0.05) is 12.1 Å². The van der Waals surface area contributed by atoms with Crippen molar-refractivity contribution in [2.45, 2.75) is 12.8 Å². The molecular weight excluding hydrogens is 236 g/mol. The van der Waals surface area contributed by atoms with E-state index in [1.54, 1.807) is 6.07 Å². The second-order valence-electron chi connectivity index (χ2n) is 3.47. The van der Waals surface area contributed by atoms with Gasteiger partial charge in [0.05, 0.1) is 11.0 Å². The molecule has 92 valence electrons. The number of nitriles is 1. The Kier molecular flexibility index (Phi) is 4.58. The molecule has 0 aliphatic rings. The van der Waals surface area contributed by atoms with Gasteiger partial charge in [0.1, 0.15) is 0 Å². The monoisotopic (exact) mass is 246 g/mol. The zero-order valence-corrected chi connectivity index (χ0v) is 9.37. The Morgan fingerprint density at radius 2 is 2.28 bits per heavy atom. The molecule has 1 aromatic carbocycles. The number of rotatable bonds is 5. The van der Waals surface area contributed by atoms with Crippen molar-refractivity contribution in [3.05, 3.63) is 45.5 Å². The highest BCUT2D eigenvalue weighted by Crippen LogP contribution is 2.22. The summed E-state index contributed by atoms with van der Waals surface area (Å²) in [5.74, 6) is -1.12. The van der Waals surface area contributed by atoms with Crippen LogP contribution in [-0.4, -0.2) is 16.0 Å². The summed E-state index contributed by atoms with van der Waals surface area (Å²) in [5.41, 5.74) is 0.802. The second kappa shape index (κ2) is 6.15. The average Bonchev–Trinajstić information content (AvgIpc) is 2.34. The van der Waals surface area contributed by atoms with Crippen LogP contribution >= 0.6 is 0 Å². The number of nitrogens with zero attached hydrogens (tertiary/aromatic N) is 2. The Morgan fingerprint density at radius 1 is 1.56 bits per heavy atom. The molecule has 1 rings (SSSR count). The van der Waals surface area contributed by atoms with Crippen LogP contribution in [0.1, 0.15) is 17.5 Å². The van der Waals surface area contributed by atoms with E-state index in [2.05, 4.69) is 0 Å². The van der Waals surface area contributed by atoms with Crippen LogP contribution in [0.3, 0.4) is 0 Å². The van der Waals surface area contributed by atoms with Gasteiger partial charge in [-0.15, -0.1) is 0 Å². The summed E-state index contributed by atoms with van der Waals surface area (Å²) in [5, 5.41) is 27.8. The molecule has 6 nitrogen and oxygen atoms in total. The Morgan fingerprint density at radius 3 is 2.83 bits per heavy atom. The number of carbonyl (C=O) groups is 1. The lowest BCUT2D eigenvalue weighted by atomic mass is 10.0. The number of hydrogen-bond donors (Lipinski definition) is 1. The molecule has 0 unspecified atom stereocenters. The summed E-state index contributed by atoms with van der Waals surface area (Å²) >= 11 is 0. The SMILES string of the molecule is N#CCCc1ccc(C=CC(=O)O)cc1[N+](=O)[O-]. The molecule has 0 amide bonds. The fraction of sp³-hybridized carbons (Fsp3) is 0.167. The van der Waals surface area contributed by atoms with Crippen molar-refractivity contribution in [2.75, 3.05) is 0 Å². The summed E-state index contributed by atoms with van der Waals surface area (Å²) in [6.45, 7) is 0. The van der Waals surface area contributed by atoms with E-state index in [0.29, 0.717) is 17.5 Å². The first-order chi connectivity index (χ1) is 8.54. The van der Waals surface area contributed by atoms with Crippen molar-refractivity contribution in [1.82, 2.24) is 0 Å². The Balaban J connectivity index is 3.07. The zero-order chi connectivity index (χ0) is 13.5. The van der Waals surface area contributed by atoms with Crippen LogP contribution in [-0.2, 0) is 11.2 Å². The first kappa shape index (κ1) is 13.4. The minimum atomic E-state index is -1.12. The summed E-state index contributed by atoms with van der Waals surface area (Å²) in [6, 6.07) is 6.34. The lowest BCUT2D eigenvalue weighted by Crippen LogP contribution is -1.96. The van der Waals surface area contributed by atoms with Gasteiger partial charge in [-0.05, 0) is 18.1 Å². The fourth-order valence-corrected chi connectivity index (χ4v) is 1.42. The van der Waals surface area contributed by atoms with Crippen LogP contribution in [0.25, 0.3) is 6.08 Å². The van der Waals surface area contributed by atoms with E-state index in [1.807, 2.05) is 6.07 Å². The van der Waals surface area contributed by atoms with Crippen molar-refractivity contribution in [2.24, 2.45) is 0 Å². The van der Waals surface area contributed by atoms with E-state index >= 15 is 0 Å². The predicted molar refractivity (Wildman–Crippen MR) is 63.7 cm³/mol. The maximum absolute atomic E-state index is 10.9. The van der Waals surface area contributed by atoms with Crippen molar-refractivity contribution < 1.29 is 14.8 Å². The van der Waals surface area contributed by atoms with Crippen LogP contribution in [0.15, 0.2) is 24.3 Å². The van der Waals surface area contributed by atoms with E-state index in [4.69, 9.17) is 10.4 Å². The molecule has 0 aliphatic carbocycles. The van der Waals surface area contributed by atoms with Crippen LogP contribution in [0, 0.1) is 21.4 Å². The molecule has 0 radical (unpaired) electrons. The van der Waals surface area contributed by atoms with Gasteiger partial charge in [0.25, 0.3) is 5.69 Å². The smallest absolute Gasteiger partial charge is 0.328 e. The van der Waals surface area contributed by atoms with E-state index in [9.17, 15) is 14.9 Å². The highest BCUT2D eigenvalue weighted by molar-refractivity contribution is 5.85. The third-order valence-electron chi connectivity index (χ3n) is 2.23. The van der Waals surface area contributed by atoms with Crippen LogP contribution < -0.4 is 0 Å². The fourth-order valence-electron chi connectivity index (χ4n) is 1.42. The summed E-state index contributed by atoms with van der Waals surface area (Å²) in [7, 11) is 0.